The van der Waals surface area contributed by atoms with Crippen molar-refractivity contribution in [2.24, 2.45) is 5.92 Å². The van der Waals surface area contributed by atoms with Gasteiger partial charge in [0.2, 0.25) is 0 Å². The van der Waals surface area contributed by atoms with Crippen LogP contribution in [0.3, 0.4) is 0 Å². The van der Waals surface area contributed by atoms with Crippen LogP contribution in [0.4, 0.5) is 11.6 Å². The van der Waals surface area contributed by atoms with Gasteiger partial charge in [-0.1, -0.05) is 27.2 Å². The van der Waals surface area contributed by atoms with Crippen LogP contribution in [0.1, 0.15) is 52.8 Å². The first kappa shape index (κ1) is 14.1. The number of rotatable bonds is 4. The number of aromatic nitrogens is 2. The molecule has 1 saturated carbocycles. The summed E-state index contributed by atoms with van der Waals surface area (Å²) >= 11 is 0. The van der Waals surface area contributed by atoms with Gasteiger partial charge >= 0.3 is 0 Å². The van der Waals surface area contributed by atoms with Gasteiger partial charge in [-0.25, -0.2) is 9.97 Å². The second-order valence-corrected chi connectivity index (χ2v) is 6.59. The van der Waals surface area contributed by atoms with E-state index in [-0.39, 0.29) is 5.41 Å². The molecule has 106 valence electrons. The Balaban J connectivity index is 2.19. The number of hydrogen-bond acceptors (Lipinski definition) is 4. The van der Waals surface area contributed by atoms with Crippen molar-refractivity contribution in [1.82, 2.24) is 9.97 Å². The summed E-state index contributed by atoms with van der Waals surface area (Å²) in [5.74, 6) is 3.49. The summed E-state index contributed by atoms with van der Waals surface area (Å²) in [5.41, 5.74) is -0.0387. The Morgan fingerprint density at radius 3 is 2.32 bits per heavy atom. The van der Waals surface area contributed by atoms with Crippen molar-refractivity contribution in [3.05, 3.63) is 11.9 Å². The molecule has 0 saturated heterocycles. The largest absolute Gasteiger partial charge is 0.373 e. The monoisotopic (exact) mass is 262 g/mol. The summed E-state index contributed by atoms with van der Waals surface area (Å²) < 4.78 is 0. The number of hydrogen-bond donors (Lipinski definition) is 2. The SMILES string of the molecule is CNc1cc(NC(C)C2CCC2)nc(C(C)(C)C)n1. The molecule has 4 heteroatoms. The Bertz CT molecular complexity index is 432. The highest BCUT2D eigenvalue weighted by atomic mass is 15.1. The summed E-state index contributed by atoms with van der Waals surface area (Å²) in [5, 5.41) is 6.66. The minimum atomic E-state index is -0.0387. The van der Waals surface area contributed by atoms with Gasteiger partial charge in [0.15, 0.2) is 0 Å². The number of anilines is 2. The van der Waals surface area contributed by atoms with E-state index in [1.807, 2.05) is 13.1 Å². The Morgan fingerprint density at radius 2 is 1.84 bits per heavy atom. The predicted octanol–water partition coefficient (Wildman–Crippen LogP) is 3.42. The third-order valence-electron chi connectivity index (χ3n) is 3.89. The highest BCUT2D eigenvalue weighted by Gasteiger charge is 2.25. The lowest BCUT2D eigenvalue weighted by atomic mass is 9.80. The molecular formula is C15H26N4. The van der Waals surface area contributed by atoms with E-state index in [0.717, 1.165) is 23.4 Å². The van der Waals surface area contributed by atoms with Crippen molar-refractivity contribution in [2.75, 3.05) is 17.7 Å². The number of nitrogens with one attached hydrogen (secondary N) is 2. The van der Waals surface area contributed by atoms with Crippen molar-refractivity contribution in [3.63, 3.8) is 0 Å². The maximum atomic E-state index is 4.67. The molecule has 0 radical (unpaired) electrons. The van der Waals surface area contributed by atoms with Crippen LogP contribution in [0, 0.1) is 5.92 Å². The molecule has 1 aromatic rings. The van der Waals surface area contributed by atoms with Gasteiger partial charge in [0.25, 0.3) is 0 Å². The smallest absolute Gasteiger partial charge is 0.138 e. The third-order valence-corrected chi connectivity index (χ3v) is 3.89. The van der Waals surface area contributed by atoms with Crippen LogP contribution >= 0.6 is 0 Å². The molecule has 0 bridgehead atoms. The lowest BCUT2D eigenvalue weighted by molar-refractivity contribution is 0.285. The zero-order valence-corrected chi connectivity index (χ0v) is 12.7. The Morgan fingerprint density at radius 1 is 1.21 bits per heavy atom. The van der Waals surface area contributed by atoms with Crippen molar-refractivity contribution >= 4 is 11.6 Å². The maximum absolute atomic E-state index is 4.67. The van der Waals surface area contributed by atoms with E-state index in [1.165, 1.54) is 19.3 Å². The molecule has 1 fully saturated rings. The standard InChI is InChI=1S/C15H26N4/c1-10(11-7-6-8-11)17-13-9-12(16-5)18-14(19-13)15(2,3)4/h9-11H,6-8H2,1-5H3,(H2,16,17,18,19). The molecule has 1 aliphatic rings. The van der Waals surface area contributed by atoms with Gasteiger partial charge in [0.1, 0.15) is 17.5 Å². The average Bonchev–Trinajstić information content (AvgIpc) is 2.24. The van der Waals surface area contributed by atoms with Gasteiger partial charge in [-0.3, -0.25) is 0 Å². The van der Waals surface area contributed by atoms with Crippen LogP contribution in [-0.2, 0) is 5.41 Å². The molecule has 0 spiro atoms. The summed E-state index contributed by atoms with van der Waals surface area (Å²) in [4.78, 5) is 9.22. The van der Waals surface area contributed by atoms with Crippen LogP contribution in [-0.4, -0.2) is 23.1 Å². The van der Waals surface area contributed by atoms with Crippen LogP contribution in [0.15, 0.2) is 6.07 Å². The summed E-state index contributed by atoms with van der Waals surface area (Å²) in [7, 11) is 1.90. The molecule has 1 heterocycles. The quantitative estimate of drug-likeness (QED) is 0.873. The molecule has 1 unspecified atom stereocenters. The molecule has 0 aliphatic heterocycles. The minimum Gasteiger partial charge on any atom is -0.373 e. The van der Waals surface area contributed by atoms with Gasteiger partial charge in [-0.15, -0.1) is 0 Å². The molecule has 0 aromatic carbocycles. The maximum Gasteiger partial charge on any atom is 0.138 e. The first-order valence-corrected chi connectivity index (χ1v) is 7.24. The second kappa shape index (κ2) is 5.35. The fourth-order valence-corrected chi connectivity index (χ4v) is 2.28. The number of nitrogens with zero attached hydrogens (tertiary/aromatic N) is 2. The summed E-state index contributed by atoms with van der Waals surface area (Å²) in [6, 6.07) is 2.48. The van der Waals surface area contributed by atoms with Crippen molar-refractivity contribution in [3.8, 4) is 0 Å². The Kier molecular flexibility index (Phi) is 3.97. The zero-order valence-electron chi connectivity index (χ0n) is 12.7. The first-order chi connectivity index (χ1) is 8.90. The van der Waals surface area contributed by atoms with Crippen LogP contribution in [0.2, 0.25) is 0 Å². The van der Waals surface area contributed by atoms with E-state index >= 15 is 0 Å². The highest BCUT2D eigenvalue weighted by molar-refractivity contribution is 5.48. The lowest BCUT2D eigenvalue weighted by Crippen LogP contribution is -2.31. The van der Waals surface area contributed by atoms with E-state index in [1.54, 1.807) is 0 Å². The molecule has 2 N–H and O–H groups in total. The predicted molar refractivity (Wildman–Crippen MR) is 80.7 cm³/mol. The molecule has 0 amide bonds. The van der Waals surface area contributed by atoms with E-state index < -0.39 is 0 Å². The van der Waals surface area contributed by atoms with Gasteiger partial charge in [-0.2, -0.15) is 0 Å². The minimum absolute atomic E-state index is 0.0387. The molecule has 1 aliphatic carbocycles. The normalized spacial score (nSPS) is 17.7. The van der Waals surface area contributed by atoms with E-state index in [0.29, 0.717) is 6.04 Å². The van der Waals surface area contributed by atoms with Crippen molar-refractivity contribution in [2.45, 2.75) is 58.4 Å². The zero-order chi connectivity index (χ0) is 14.0. The molecule has 19 heavy (non-hydrogen) atoms. The molecule has 4 nitrogen and oxygen atoms in total. The van der Waals surface area contributed by atoms with Crippen molar-refractivity contribution < 1.29 is 0 Å². The van der Waals surface area contributed by atoms with Gasteiger partial charge < -0.3 is 10.6 Å². The third kappa shape index (κ3) is 3.37. The molecule has 1 atom stereocenters. The Labute approximate surface area is 116 Å². The topological polar surface area (TPSA) is 49.8 Å². The summed E-state index contributed by atoms with van der Waals surface area (Å²) in [6.45, 7) is 8.67. The van der Waals surface area contributed by atoms with Gasteiger partial charge in [0, 0.05) is 24.6 Å². The molecule has 1 aromatic heterocycles. The van der Waals surface area contributed by atoms with Gasteiger partial charge in [-0.05, 0) is 25.7 Å². The average molecular weight is 262 g/mol. The highest BCUT2D eigenvalue weighted by Crippen LogP contribution is 2.31. The van der Waals surface area contributed by atoms with E-state index in [4.69, 9.17) is 0 Å². The van der Waals surface area contributed by atoms with Crippen LogP contribution in [0.5, 0.6) is 0 Å². The Hall–Kier alpha value is -1.32. The molecule has 2 rings (SSSR count). The summed E-state index contributed by atoms with van der Waals surface area (Å²) in [6.07, 6.45) is 4.05. The van der Waals surface area contributed by atoms with E-state index in [2.05, 4.69) is 48.3 Å². The van der Waals surface area contributed by atoms with Crippen molar-refractivity contribution in [1.29, 1.82) is 0 Å². The molecular weight excluding hydrogens is 236 g/mol. The van der Waals surface area contributed by atoms with Crippen LogP contribution in [0.25, 0.3) is 0 Å². The van der Waals surface area contributed by atoms with E-state index in [9.17, 15) is 0 Å². The second-order valence-electron chi connectivity index (χ2n) is 6.59. The van der Waals surface area contributed by atoms with Gasteiger partial charge in [0.05, 0.1) is 0 Å². The van der Waals surface area contributed by atoms with Crippen LogP contribution < -0.4 is 10.6 Å². The fourth-order valence-electron chi connectivity index (χ4n) is 2.28. The lowest BCUT2D eigenvalue weighted by Gasteiger charge is -2.32. The fraction of sp³-hybridized carbons (Fsp3) is 0.733. The first-order valence-electron chi connectivity index (χ1n) is 7.24.